The van der Waals surface area contributed by atoms with Crippen LogP contribution in [-0.4, -0.2) is 21.4 Å². The molecule has 0 aliphatic heterocycles. The van der Waals surface area contributed by atoms with E-state index in [1.165, 1.54) is 0 Å². The number of nitrogens with zero attached hydrogens (tertiary/aromatic N) is 2. The van der Waals surface area contributed by atoms with Gasteiger partial charge in [0.25, 0.3) is 11.6 Å². The molecule has 6 nitrogen and oxygen atoms in total. The van der Waals surface area contributed by atoms with Gasteiger partial charge in [-0.15, -0.1) is 0 Å². The first-order chi connectivity index (χ1) is 6.06. The lowest BCUT2D eigenvalue weighted by atomic mass is 9.89. The molecule has 2 bridgehead atoms. The van der Waals surface area contributed by atoms with E-state index in [4.69, 9.17) is 0 Å². The van der Waals surface area contributed by atoms with Crippen molar-refractivity contribution in [2.45, 2.75) is 37.3 Å². The third kappa shape index (κ3) is 0.942. The molecule has 0 N–H and O–H groups in total. The Morgan fingerprint density at radius 3 is 2.38 bits per heavy atom. The molecular weight excluding hydrogens is 176 g/mol. The molecule has 6 heteroatoms. The summed E-state index contributed by atoms with van der Waals surface area (Å²) >= 11 is 0. The van der Waals surface area contributed by atoms with Crippen molar-refractivity contribution in [2.24, 2.45) is 5.92 Å². The standard InChI is InChI=1S/C7H10N2O4/c10-8(11)6-3-5-1-2-7(6,4-5)9(12)13/h5-6H,1-4H2. The van der Waals surface area contributed by atoms with Gasteiger partial charge in [0, 0.05) is 29.1 Å². The average molecular weight is 186 g/mol. The number of hydrogen-bond donors (Lipinski definition) is 0. The van der Waals surface area contributed by atoms with Gasteiger partial charge in [0.15, 0.2) is 0 Å². The topological polar surface area (TPSA) is 86.3 Å². The van der Waals surface area contributed by atoms with Crippen molar-refractivity contribution in [2.75, 3.05) is 0 Å². The zero-order valence-corrected chi connectivity index (χ0v) is 7.01. The molecule has 2 aliphatic carbocycles. The molecule has 0 amide bonds. The van der Waals surface area contributed by atoms with Gasteiger partial charge in [-0.05, 0) is 12.3 Å². The summed E-state index contributed by atoms with van der Waals surface area (Å²) in [4.78, 5) is 20.5. The highest BCUT2D eigenvalue weighted by Crippen LogP contribution is 2.50. The van der Waals surface area contributed by atoms with Gasteiger partial charge in [-0.2, -0.15) is 0 Å². The van der Waals surface area contributed by atoms with Gasteiger partial charge in [-0.25, -0.2) is 0 Å². The summed E-state index contributed by atoms with van der Waals surface area (Å²) in [7, 11) is 0. The average Bonchev–Trinajstić information content (AvgIpc) is 2.60. The number of fused-ring (bicyclic) bond motifs is 2. The molecule has 2 saturated carbocycles. The van der Waals surface area contributed by atoms with Crippen LogP contribution < -0.4 is 0 Å². The Morgan fingerprint density at radius 2 is 2.00 bits per heavy atom. The normalized spacial score (nSPS) is 42.2. The van der Waals surface area contributed by atoms with Crippen molar-refractivity contribution in [3.8, 4) is 0 Å². The molecule has 0 aromatic rings. The lowest BCUT2D eigenvalue weighted by Crippen LogP contribution is -2.48. The van der Waals surface area contributed by atoms with Gasteiger partial charge in [0.2, 0.25) is 0 Å². The van der Waals surface area contributed by atoms with Crippen LogP contribution in [0.25, 0.3) is 0 Å². The van der Waals surface area contributed by atoms with Gasteiger partial charge >= 0.3 is 0 Å². The second-order valence-corrected chi connectivity index (χ2v) is 4.01. The number of hydrogen-bond acceptors (Lipinski definition) is 4. The third-order valence-electron chi connectivity index (χ3n) is 3.42. The van der Waals surface area contributed by atoms with Crippen LogP contribution in [0, 0.1) is 26.1 Å². The van der Waals surface area contributed by atoms with Crippen molar-refractivity contribution in [3.05, 3.63) is 20.2 Å². The summed E-state index contributed by atoms with van der Waals surface area (Å²) in [5.41, 5.74) is -1.23. The molecule has 3 unspecified atom stereocenters. The zero-order chi connectivity index (χ0) is 9.64. The summed E-state index contributed by atoms with van der Waals surface area (Å²) in [5, 5.41) is 21.4. The molecule has 0 aromatic heterocycles. The molecule has 0 radical (unpaired) electrons. The Hall–Kier alpha value is -1.20. The lowest BCUT2D eigenvalue weighted by molar-refractivity contribution is -0.647. The second-order valence-electron chi connectivity index (χ2n) is 4.01. The highest BCUT2D eigenvalue weighted by Gasteiger charge is 2.67. The first-order valence-corrected chi connectivity index (χ1v) is 4.34. The predicted octanol–water partition coefficient (Wildman–Crippen LogP) is 0.851. The zero-order valence-electron chi connectivity index (χ0n) is 7.01. The summed E-state index contributed by atoms with van der Waals surface area (Å²) < 4.78 is 0. The van der Waals surface area contributed by atoms with E-state index in [0.29, 0.717) is 19.3 Å². The molecule has 0 spiro atoms. The van der Waals surface area contributed by atoms with E-state index >= 15 is 0 Å². The molecule has 2 rings (SSSR count). The van der Waals surface area contributed by atoms with Crippen molar-refractivity contribution in [1.82, 2.24) is 0 Å². The van der Waals surface area contributed by atoms with E-state index in [9.17, 15) is 20.2 Å². The van der Waals surface area contributed by atoms with Crippen LogP contribution in [0.1, 0.15) is 25.7 Å². The fraction of sp³-hybridized carbons (Fsp3) is 1.00. The van der Waals surface area contributed by atoms with Gasteiger partial charge in [-0.3, -0.25) is 20.2 Å². The highest BCUT2D eigenvalue weighted by atomic mass is 16.6. The fourth-order valence-electron chi connectivity index (χ4n) is 2.77. The van der Waals surface area contributed by atoms with Gasteiger partial charge in [0.05, 0.1) is 0 Å². The van der Waals surface area contributed by atoms with Crippen LogP contribution in [0.15, 0.2) is 0 Å². The van der Waals surface area contributed by atoms with Crippen LogP contribution in [-0.2, 0) is 0 Å². The fourth-order valence-corrected chi connectivity index (χ4v) is 2.77. The third-order valence-corrected chi connectivity index (χ3v) is 3.42. The van der Waals surface area contributed by atoms with E-state index in [1.807, 2.05) is 0 Å². The van der Waals surface area contributed by atoms with E-state index in [0.717, 1.165) is 6.42 Å². The summed E-state index contributed by atoms with van der Waals surface area (Å²) in [6, 6.07) is -0.943. The second kappa shape index (κ2) is 2.40. The monoisotopic (exact) mass is 186 g/mol. The largest absolute Gasteiger partial charge is 0.288 e. The van der Waals surface area contributed by atoms with Gasteiger partial charge in [-0.1, -0.05) is 0 Å². The van der Waals surface area contributed by atoms with Crippen LogP contribution in [0.2, 0.25) is 0 Å². The molecular formula is C7H10N2O4. The van der Waals surface area contributed by atoms with Crippen molar-refractivity contribution < 1.29 is 9.85 Å². The van der Waals surface area contributed by atoms with Crippen LogP contribution in [0.4, 0.5) is 0 Å². The molecule has 72 valence electrons. The molecule has 0 aromatic carbocycles. The molecule has 3 atom stereocenters. The Kier molecular flexibility index (Phi) is 1.55. The molecule has 2 aliphatic rings. The van der Waals surface area contributed by atoms with Crippen LogP contribution >= 0.6 is 0 Å². The van der Waals surface area contributed by atoms with Crippen molar-refractivity contribution >= 4 is 0 Å². The van der Waals surface area contributed by atoms with E-state index in [2.05, 4.69) is 0 Å². The van der Waals surface area contributed by atoms with Crippen molar-refractivity contribution in [3.63, 3.8) is 0 Å². The number of rotatable bonds is 2. The minimum Gasteiger partial charge on any atom is -0.264 e. The molecule has 13 heavy (non-hydrogen) atoms. The first-order valence-electron chi connectivity index (χ1n) is 4.34. The quantitative estimate of drug-likeness (QED) is 0.472. The smallest absolute Gasteiger partial charge is 0.264 e. The van der Waals surface area contributed by atoms with E-state index < -0.39 is 21.4 Å². The Labute approximate surface area is 74.2 Å². The van der Waals surface area contributed by atoms with E-state index in [-0.39, 0.29) is 5.92 Å². The first kappa shape index (κ1) is 8.40. The highest BCUT2D eigenvalue weighted by molar-refractivity contribution is 5.03. The Balaban J connectivity index is 2.32. The molecule has 2 fully saturated rings. The Morgan fingerprint density at radius 1 is 1.31 bits per heavy atom. The predicted molar refractivity (Wildman–Crippen MR) is 42.5 cm³/mol. The molecule has 0 saturated heterocycles. The maximum atomic E-state index is 10.8. The minimum absolute atomic E-state index is 0.209. The lowest BCUT2D eigenvalue weighted by Gasteiger charge is -2.20. The van der Waals surface area contributed by atoms with Crippen LogP contribution in [0.5, 0.6) is 0 Å². The van der Waals surface area contributed by atoms with Gasteiger partial charge < -0.3 is 0 Å². The Bertz CT molecular complexity index is 280. The maximum absolute atomic E-state index is 10.8. The SMILES string of the molecule is O=[N+]([O-])C1CC2CCC1([N+](=O)[O-])C2. The van der Waals surface area contributed by atoms with Crippen LogP contribution in [0.3, 0.4) is 0 Å². The maximum Gasteiger partial charge on any atom is 0.288 e. The number of nitro groups is 2. The molecule has 0 heterocycles. The summed E-state index contributed by atoms with van der Waals surface area (Å²) in [6.45, 7) is 0. The summed E-state index contributed by atoms with van der Waals surface area (Å²) in [6.07, 6.45) is 1.97. The van der Waals surface area contributed by atoms with Crippen molar-refractivity contribution in [1.29, 1.82) is 0 Å². The van der Waals surface area contributed by atoms with Gasteiger partial charge in [0.1, 0.15) is 0 Å². The minimum atomic E-state index is -1.23. The van der Waals surface area contributed by atoms with E-state index in [1.54, 1.807) is 0 Å². The summed E-state index contributed by atoms with van der Waals surface area (Å²) in [5.74, 6) is 0.209.